The first-order valence-electron chi connectivity index (χ1n) is 6.08. The average Bonchev–Trinajstić information content (AvgIpc) is 2.83. The van der Waals surface area contributed by atoms with E-state index in [1.807, 2.05) is 17.5 Å². The zero-order valence-corrected chi connectivity index (χ0v) is 13.3. The third-order valence-corrected chi connectivity index (χ3v) is 4.10. The SMILES string of the molecule is CCCNc1cc(COC)nc(-c2cc(Br)cs2)n1. The highest BCUT2D eigenvalue weighted by atomic mass is 79.9. The highest BCUT2D eigenvalue weighted by Crippen LogP contribution is 2.28. The maximum absolute atomic E-state index is 5.16. The molecule has 0 fully saturated rings. The van der Waals surface area contributed by atoms with E-state index in [1.54, 1.807) is 18.4 Å². The first-order chi connectivity index (χ1) is 9.22. The summed E-state index contributed by atoms with van der Waals surface area (Å²) in [6, 6.07) is 3.96. The number of methoxy groups -OCH3 is 1. The van der Waals surface area contributed by atoms with Crippen molar-refractivity contribution in [3.63, 3.8) is 0 Å². The quantitative estimate of drug-likeness (QED) is 0.864. The van der Waals surface area contributed by atoms with Crippen molar-refractivity contribution in [2.24, 2.45) is 0 Å². The summed E-state index contributed by atoms with van der Waals surface area (Å²) >= 11 is 5.08. The van der Waals surface area contributed by atoms with Crippen LogP contribution >= 0.6 is 27.3 Å². The Morgan fingerprint density at radius 2 is 2.21 bits per heavy atom. The molecule has 0 aliphatic carbocycles. The summed E-state index contributed by atoms with van der Waals surface area (Å²) in [5.74, 6) is 1.59. The van der Waals surface area contributed by atoms with Gasteiger partial charge in [0.2, 0.25) is 0 Å². The number of ether oxygens (including phenoxy) is 1. The monoisotopic (exact) mass is 341 g/mol. The largest absolute Gasteiger partial charge is 0.378 e. The molecule has 2 aromatic heterocycles. The van der Waals surface area contributed by atoms with E-state index in [-0.39, 0.29) is 0 Å². The number of nitrogens with one attached hydrogen (secondary N) is 1. The Labute approximate surface area is 125 Å². The van der Waals surface area contributed by atoms with E-state index >= 15 is 0 Å². The van der Waals surface area contributed by atoms with Crippen LogP contribution in [0.1, 0.15) is 19.0 Å². The van der Waals surface area contributed by atoms with E-state index in [9.17, 15) is 0 Å². The van der Waals surface area contributed by atoms with Gasteiger partial charge in [-0.15, -0.1) is 11.3 Å². The third kappa shape index (κ3) is 3.99. The van der Waals surface area contributed by atoms with Gasteiger partial charge in [-0.3, -0.25) is 0 Å². The molecule has 2 rings (SSSR count). The van der Waals surface area contributed by atoms with Crippen LogP contribution in [0.25, 0.3) is 10.7 Å². The molecule has 0 radical (unpaired) electrons. The predicted molar refractivity (Wildman–Crippen MR) is 82.5 cm³/mol. The van der Waals surface area contributed by atoms with E-state index < -0.39 is 0 Å². The molecule has 2 aromatic rings. The minimum Gasteiger partial charge on any atom is -0.378 e. The van der Waals surface area contributed by atoms with Gasteiger partial charge in [0.1, 0.15) is 5.82 Å². The fourth-order valence-corrected chi connectivity index (χ4v) is 2.96. The number of nitrogens with zero attached hydrogens (tertiary/aromatic N) is 2. The highest BCUT2D eigenvalue weighted by Gasteiger charge is 2.09. The van der Waals surface area contributed by atoms with Crippen LogP contribution < -0.4 is 5.32 Å². The molecular formula is C13H16BrN3OS. The molecule has 0 spiro atoms. The zero-order chi connectivity index (χ0) is 13.7. The van der Waals surface area contributed by atoms with Gasteiger partial charge in [0.15, 0.2) is 5.82 Å². The summed E-state index contributed by atoms with van der Waals surface area (Å²) in [5, 5.41) is 5.32. The number of halogens is 1. The Morgan fingerprint density at radius 3 is 2.84 bits per heavy atom. The van der Waals surface area contributed by atoms with Crippen LogP contribution in [0.3, 0.4) is 0 Å². The Balaban J connectivity index is 2.33. The number of aromatic nitrogens is 2. The molecule has 2 heterocycles. The van der Waals surface area contributed by atoms with E-state index in [0.717, 1.165) is 39.7 Å². The van der Waals surface area contributed by atoms with Crippen molar-refractivity contribution in [3.8, 4) is 10.7 Å². The van der Waals surface area contributed by atoms with Gasteiger partial charge >= 0.3 is 0 Å². The molecule has 4 nitrogen and oxygen atoms in total. The summed E-state index contributed by atoms with van der Waals surface area (Å²) in [6.07, 6.45) is 1.06. The Bertz CT molecular complexity index is 544. The average molecular weight is 342 g/mol. The van der Waals surface area contributed by atoms with Crippen molar-refractivity contribution in [1.82, 2.24) is 9.97 Å². The van der Waals surface area contributed by atoms with E-state index in [2.05, 4.69) is 38.1 Å². The summed E-state index contributed by atoms with van der Waals surface area (Å²) in [4.78, 5) is 10.1. The minimum absolute atomic E-state index is 0.489. The van der Waals surface area contributed by atoms with Gasteiger partial charge < -0.3 is 10.1 Å². The van der Waals surface area contributed by atoms with Crippen LogP contribution in [-0.4, -0.2) is 23.6 Å². The molecule has 0 aliphatic heterocycles. The lowest BCUT2D eigenvalue weighted by atomic mass is 10.3. The van der Waals surface area contributed by atoms with E-state index in [1.165, 1.54) is 0 Å². The van der Waals surface area contributed by atoms with Gasteiger partial charge in [0.05, 0.1) is 17.2 Å². The molecule has 0 amide bonds. The normalized spacial score (nSPS) is 10.7. The van der Waals surface area contributed by atoms with Gasteiger partial charge in [-0.05, 0) is 28.4 Å². The molecule has 6 heteroatoms. The first kappa shape index (κ1) is 14.4. The molecule has 1 N–H and O–H groups in total. The second kappa shape index (κ2) is 6.98. The van der Waals surface area contributed by atoms with Crippen LogP contribution in [0.4, 0.5) is 5.82 Å². The summed E-state index contributed by atoms with van der Waals surface area (Å²) in [6.45, 7) is 3.52. The van der Waals surface area contributed by atoms with Gasteiger partial charge in [-0.2, -0.15) is 0 Å². The molecule has 0 aliphatic rings. The minimum atomic E-state index is 0.489. The lowest BCUT2D eigenvalue weighted by molar-refractivity contribution is 0.181. The van der Waals surface area contributed by atoms with Crippen molar-refractivity contribution in [2.45, 2.75) is 20.0 Å². The van der Waals surface area contributed by atoms with Crippen molar-refractivity contribution in [3.05, 3.63) is 27.7 Å². The van der Waals surface area contributed by atoms with Crippen LogP contribution in [0.5, 0.6) is 0 Å². The topological polar surface area (TPSA) is 47.0 Å². The van der Waals surface area contributed by atoms with Gasteiger partial charge in [0, 0.05) is 29.6 Å². The van der Waals surface area contributed by atoms with Crippen molar-refractivity contribution in [2.75, 3.05) is 19.0 Å². The molecule has 0 aromatic carbocycles. The van der Waals surface area contributed by atoms with Gasteiger partial charge in [-0.25, -0.2) is 9.97 Å². The fourth-order valence-electron chi connectivity index (χ4n) is 1.60. The molecule has 19 heavy (non-hydrogen) atoms. The summed E-state index contributed by atoms with van der Waals surface area (Å²) < 4.78 is 6.21. The van der Waals surface area contributed by atoms with E-state index in [4.69, 9.17) is 4.74 Å². The van der Waals surface area contributed by atoms with Crippen LogP contribution in [0, 0.1) is 0 Å². The Hall–Kier alpha value is -0.980. The number of rotatable bonds is 6. The Kier molecular flexibility index (Phi) is 5.30. The van der Waals surface area contributed by atoms with Crippen LogP contribution in [-0.2, 0) is 11.3 Å². The lowest BCUT2D eigenvalue weighted by Gasteiger charge is -2.08. The Morgan fingerprint density at radius 1 is 1.37 bits per heavy atom. The molecule has 0 unspecified atom stereocenters. The second-order valence-corrected chi connectivity index (χ2v) is 5.88. The molecule has 0 saturated carbocycles. The van der Waals surface area contributed by atoms with Gasteiger partial charge in [0.25, 0.3) is 0 Å². The molecule has 0 saturated heterocycles. The second-order valence-electron chi connectivity index (χ2n) is 4.06. The number of hydrogen-bond donors (Lipinski definition) is 1. The maximum Gasteiger partial charge on any atom is 0.171 e. The third-order valence-electron chi connectivity index (χ3n) is 2.42. The lowest BCUT2D eigenvalue weighted by Crippen LogP contribution is -2.05. The standard InChI is InChI=1S/C13H16BrN3OS/c1-3-4-15-12-6-10(7-18-2)16-13(17-12)11-5-9(14)8-19-11/h5-6,8H,3-4,7H2,1-2H3,(H,15,16,17). The molecular weight excluding hydrogens is 326 g/mol. The van der Waals surface area contributed by atoms with Crippen LogP contribution in [0.2, 0.25) is 0 Å². The van der Waals surface area contributed by atoms with E-state index in [0.29, 0.717) is 6.61 Å². The van der Waals surface area contributed by atoms with Crippen molar-refractivity contribution in [1.29, 1.82) is 0 Å². The molecule has 0 bridgehead atoms. The zero-order valence-electron chi connectivity index (χ0n) is 10.9. The number of thiophene rings is 1. The highest BCUT2D eigenvalue weighted by molar-refractivity contribution is 9.10. The first-order valence-corrected chi connectivity index (χ1v) is 7.75. The number of hydrogen-bond acceptors (Lipinski definition) is 5. The van der Waals surface area contributed by atoms with Crippen molar-refractivity contribution < 1.29 is 4.74 Å². The summed E-state index contributed by atoms with van der Waals surface area (Å²) in [7, 11) is 1.67. The van der Waals surface area contributed by atoms with Gasteiger partial charge in [-0.1, -0.05) is 6.92 Å². The smallest absolute Gasteiger partial charge is 0.171 e. The predicted octanol–water partition coefficient (Wildman–Crippen LogP) is 3.94. The number of anilines is 1. The fraction of sp³-hybridized carbons (Fsp3) is 0.385. The molecule has 0 atom stereocenters. The summed E-state index contributed by atoms with van der Waals surface area (Å²) in [5.41, 5.74) is 0.885. The van der Waals surface area contributed by atoms with Crippen LogP contribution in [0.15, 0.2) is 22.0 Å². The molecule has 102 valence electrons. The maximum atomic E-state index is 5.16. The van der Waals surface area contributed by atoms with Crippen molar-refractivity contribution >= 4 is 33.1 Å².